The van der Waals surface area contributed by atoms with Crippen molar-refractivity contribution in [3.05, 3.63) is 94.4 Å². The molecular weight excluding hydrogens is 777 g/mol. The van der Waals surface area contributed by atoms with Gasteiger partial charge in [-0.1, -0.05) is 24.3 Å². The van der Waals surface area contributed by atoms with E-state index in [1.165, 1.54) is 11.1 Å². The summed E-state index contributed by atoms with van der Waals surface area (Å²) in [6.45, 7) is 7.52. The number of alkyl halides is 2. The number of hydrogen-bond donors (Lipinski definition) is 4. The summed E-state index contributed by atoms with van der Waals surface area (Å²) in [7, 11) is 0. The zero-order valence-electron chi connectivity index (χ0n) is 34.6. The molecule has 61 heavy (non-hydrogen) atoms. The van der Waals surface area contributed by atoms with E-state index in [2.05, 4.69) is 55.6 Å². The van der Waals surface area contributed by atoms with Gasteiger partial charge in [-0.25, -0.2) is 23.7 Å². The Morgan fingerprint density at radius 3 is 2.44 bits per heavy atom. The van der Waals surface area contributed by atoms with Crippen LogP contribution in [-0.2, 0) is 17.9 Å². The number of nitrogens with zero attached hydrogens (tertiary/aromatic N) is 5. The van der Waals surface area contributed by atoms with Crippen LogP contribution in [0.2, 0.25) is 0 Å². The normalized spacial score (nSPS) is 22.6. The van der Waals surface area contributed by atoms with Gasteiger partial charge in [-0.3, -0.25) is 14.7 Å². The number of aliphatic hydroxyl groups is 1. The molecule has 4 N–H and O–H groups in total. The van der Waals surface area contributed by atoms with Crippen molar-refractivity contribution in [3.63, 3.8) is 0 Å². The summed E-state index contributed by atoms with van der Waals surface area (Å²) in [6.07, 6.45) is 7.00. The van der Waals surface area contributed by atoms with E-state index in [0.717, 1.165) is 115 Å². The molecule has 4 aliphatic rings. The lowest BCUT2D eigenvalue weighted by Crippen LogP contribution is -2.25. The number of halogens is 2. The van der Waals surface area contributed by atoms with Crippen LogP contribution in [0.15, 0.2) is 65.2 Å². The molecule has 10 rings (SSSR count). The van der Waals surface area contributed by atoms with Crippen LogP contribution in [0.5, 0.6) is 0 Å². The average molecular weight is 828 g/mol. The lowest BCUT2D eigenvalue weighted by atomic mass is 9.80. The van der Waals surface area contributed by atoms with Crippen molar-refractivity contribution < 1.29 is 28.2 Å². The number of aliphatic carboxylic acids is 1. The summed E-state index contributed by atoms with van der Waals surface area (Å²) in [4.78, 5) is 32.2. The van der Waals surface area contributed by atoms with E-state index in [9.17, 15) is 23.8 Å². The first-order valence-electron chi connectivity index (χ1n) is 21.7. The first kappa shape index (κ1) is 39.7. The number of aromatic nitrogens is 4. The zero-order valence-corrected chi connectivity index (χ0v) is 34.6. The summed E-state index contributed by atoms with van der Waals surface area (Å²) in [5, 5.41) is 26.8. The van der Waals surface area contributed by atoms with Gasteiger partial charge in [0.25, 0.3) is 6.43 Å². The number of fused-ring (bicyclic) bond motifs is 4. The summed E-state index contributed by atoms with van der Waals surface area (Å²) >= 11 is 0. The third-order valence-electron chi connectivity index (χ3n) is 14.1. The largest absolute Gasteiger partial charge is 0.481 e. The monoisotopic (exact) mass is 827 g/mol. The number of carbonyl (C=O) groups is 1. The van der Waals surface area contributed by atoms with E-state index in [-0.39, 0.29) is 17.3 Å². The number of oxazole rings is 1. The number of aliphatic hydroxyl groups excluding tert-OH is 1. The van der Waals surface area contributed by atoms with Crippen LogP contribution in [0.25, 0.3) is 44.7 Å². The van der Waals surface area contributed by atoms with Crippen LogP contribution in [0, 0.1) is 24.7 Å². The minimum Gasteiger partial charge on any atom is -0.481 e. The molecule has 1 unspecified atom stereocenters. The van der Waals surface area contributed by atoms with Crippen molar-refractivity contribution in [3.8, 4) is 22.6 Å². The Morgan fingerprint density at radius 2 is 1.72 bits per heavy atom. The highest BCUT2D eigenvalue weighted by atomic mass is 19.3. The fraction of sp³-hybridized carbons (Fsp3) is 0.438. The average Bonchev–Trinajstić information content (AvgIpc) is 3.51. The Morgan fingerprint density at radius 1 is 0.951 bits per heavy atom. The van der Waals surface area contributed by atoms with Crippen molar-refractivity contribution in [2.24, 2.45) is 10.8 Å². The quantitative estimate of drug-likeness (QED) is 0.0778. The van der Waals surface area contributed by atoms with Gasteiger partial charge in [0.1, 0.15) is 11.0 Å². The van der Waals surface area contributed by atoms with Gasteiger partial charge in [-0.2, -0.15) is 0 Å². The molecule has 3 saturated carbocycles. The number of nitrogens with one attached hydrogen (secondary N) is 2. The van der Waals surface area contributed by atoms with Crippen molar-refractivity contribution in [1.82, 2.24) is 30.2 Å². The second kappa shape index (κ2) is 15.5. The Bertz CT molecular complexity index is 2670. The van der Waals surface area contributed by atoms with Gasteiger partial charge in [0, 0.05) is 43.6 Å². The molecule has 1 aliphatic heterocycles. The minimum atomic E-state index is -2.87. The van der Waals surface area contributed by atoms with E-state index >= 15 is 0 Å². The molecular formula is C48H51F2N7O4. The molecule has 11 nitrogen and oxygen atoms in total. The first-order valence-corrected chi connectivity index (χ1v) is 21.7. The maximum atomic E-state index is 14.1. The Labute approximate surface area is 353 Å². The van der Waals surface area contributed by atoms with Gasteiger partial charge in [-0.15, -0.1) is 0 Å². The summed E-state index contributed by atoms with van der Waals surface area (Å²) in [6, 6.07) is 18.1. The lowest BCUT2D eigenvalue weighted by molar-refractivity contribution is -0.148. The first-order chi connectivity index (χ1) is 29.5. The van der Waals surface area contributed by atoms with Gasteiger partial charge < -0.3 is 25.3 Å². The van der Waals surface area contributed by atoms with E-state index < -0.39 is 23.6 Å². The minimum absolute atomic E-state index is 0.160. The number of anilines is 2. The van der Waals surface area contributed by atoms with Gasteiger partial charge in [-0.05, 0) is 159 Å². The third-order valence-corrected chi connectivity index (χ3v) is 14.1. The highest BCUT2D eigenvalue weighted by molar-refractivity contribution is 5.89. The third kappa shape index (κ3) is 7.54. The molecule has 3 aromatic heterocycles. The highest BCUT2D eigenvalue weighted by Crippen LogP contribution is 2.63. The van der Waals surface area contributed by atoms with Crippen LogP contribution in [0.1, 0.15) is 104 Å². The molecule has 6 aromatic rings. The molecule has 1 atom stereocenters. The molecule has 3 aliphatic carbocycles. The predicted octanol–water partition coefficient (Wildman–Crippen LogP) is 9.76. The molecule has 0 amide bonds. The van der Waals surface area contributed by atoms with Crippen molar-refractivity contribution in [2.45, 2.75) is 103 Å². The van der Waals surface area contributed by atoms with Crippen LogP contribution >= 0.6 is 0 Å². The molecule has 0 radical (unpaired) electrons. The number of carboxylic acids is 1. The topological polar surface area (TPSA) is 150 Å². The smallest absolute Gasteiger partial charge is 0.309 e. The summed E-state index contributed by atoms with van der Waals surface area (Å²) < 4.78 is 34.8. The molecule has 4 heterocycles. The van der Waals surface area contributed by atoms with Crippen LogP contribution in [0.3, 0.4) is 0 Å². The SMILES string of the molecule is Cc1c(Nc2nc(C(F)F)nc3cc(CN4CCC(O)C4)cnc23)cccc1-c1cccc(-c2nc3cc(CNCCC45CCC(C(=O)O)(CC4)C5)c(C4CC4)cc3o2)c1C. The summed E-state index contributed by atoms with van der Waals surface area (Å²) in [5.41, 5.74) is 10.8. The maximum absolute atomic E-state index is 14.1. The Kier molecular flexibility index (Phi) is 10.1. The van der Waals surface area contributed by atoms with Gasteiger partial charge in [0.2, 0.25) is 5.89 Å². The van der Waals surface area contributed by atoms with Crippen LogP contribution < -0.4 is 10.6 Å². The van der Waals surface area contributed by atoms with E-state index in [1.807, 2.05) is 37.3 Å². The number of pyridine rings is 1. The van der Waals surface area contributed by atoms with E-state index in [1.54, 1.807) is 12.3 Å². The summed E-state index contributed by atoms with van der Waals surface area (Å²) in [5.74, 6) is 0.0933. The second-order valence-corrected chi connectivity index (χ2v) is 18.2. The second-order valence-electron chi connectivity index (χ2n) is 18.2. The molecule has 316 valence electrons. The van der Waals surface area contributed by atoms with Crippen molar-refractivity contribution in [2.75, 3.05) is 25.0 Å². The van der Waals surface area contributed by atoms with Crippen molar-refractivity contribution in [1.29, 1.82) is 0 Å². The number of carboxylic acid groups (broad SMARTS) is 1. The number of benzene rings is 3. The van der Waals surface area contributed by atoms with E-state index in [0.29, 0.717) is 48.0 Å². The van der Waals surface area contributed by atoms with Crippen molar-refractivity contribution >= 4 is 39.6 Å². The molecule has 3 aromatic carbocycles. The van der Waals surface area contributed by atoms with E-state index in [4.69, 9.17) is 9.40 Å². The molecule has 13 heteroatoms. The number of likely N-dealkylation sites (tertiary alicyclic amines) is 1. The fourth-order valence-electron chi connectivity index (χ4n) is 10.5. The standard InChI is InChI=1S/C48H51F2N7O4/c1-27-33(34-6-4-8-37(28(34)2)53-43-41-39(54-44(56-43)42(49)50)19-29(22-52-41)24-57-18-11-32(58)25-57)5-3-7-35(27)45-55-38-20-31(36(30-9-10-30)21-40(38)61-45)23-51-17-16-47-12-14-48(26-47,15-13-47)46(59)60/h3-8,19-22,30,32,42,51,58H,9-18,23-26H2,1-2H3,(H,59,60)(H,53,54,56). The molecule has 4 fully saturated rings. The molecule has 1 saturated heterocycles. The molecule has 2 bridgehead atoms. The number of hydrogen-bond acceptors (Lipinski definition) is 10. The zero-order chi connectivity index (χ0) is 42.0. The van der Waals surface area contributed by atoms with Gasteiger partial charge in [0.05, 0.1) is 17.0 Å². The number of rotatable bonds is 14. The fourth-order valence-corrected chi connectivity index (χ4v) is 10.5. The predicted molar refractivity (Wildman–Crippen MR) is 230 cm³/mol. The molecule has 0 spiro atoms. The highest BCUT2D eigenvalue weighted by Gasteiger charge is 2.57. The van der Waals surface area contributed by atoms with Crippen LogP contribution in [0.4, 0.5) is 20.3 Å². The number of β-amino-alcohol motifs (C(OH)–C–C–N with tert-alkyl or cyclic N) is 1. The maximum Gasteiger partial charge on any atom is 0.309 e. The van der Waals surface area contributed by atoms with Crippen LogP contribution in [-0.4, -0.2) is 66.8 Å². The van der Waals surface area contributed by atoms with Gasteiger partial charge in [0.15, 0.2) is 17.2 Å². The van der Waals surface area contributed by atoms with Gasteiger partial charge >= 0.3 is 5.97 Å². The Balaban J connectivity index is 0.895. The Hall–Kier alpha value is -5.37. The lowest BCUT2D eigenvalue weighted by Gasteiger charge is -2.26.